The Kier molecular flexibility index (Phi) is 6.11. The average molecular weight is 417 g/mol. The lowest BCUT2D eigenvalue weighted by Crippen LogP contribution is -2.52. The summed E-state index contributed by atoms with van der Waals surface area (Å²) in [6.45, 7) is 6.12. The van der Waals surface area contributed by atoms with E-state index in [9.17, 15) is 4.79 Å². The summed E-state index contributed by atoms with van der Waals surface area (Å²) in [6.07, 6.45) is 0.122. The highest BCUT2D eigenvalue weighted by Gasteiger charge is 2.28. The van der Waals surface area contributed by atoms with Crippen molar-refractivity contribution in [1.29, 1.82) is 0 Å². The molecule has 2 aliphatic rings. The number of halogens is 1. The van der Waals surface area contributed by atoms with Crippen molar-refractivity contribution < 1.29 is 19.0 Å². The fraction of sp³-hybridized carbons (Fsp3) is 0.409. The van der Waals surface area contributed by atoms with Gasteiger partial charge in [-0.25, -0.2) is 0 Å². The van der Waals surface area contributed by atoms with Gasteiger partial charge in [0.1, 0.15) is 5.75 Å². The molecule has 6 nitrogen and oxygen atoms in total. The lowest BCUT2D eigenvalue weighted by molar-refractivity contribution is -0.140. The van der Waals surface area contributed by atoms with Crippen LogP contribution in [0.2, 0.25) is 5.02 Å². The molecule has 7 heteroatoms. The van der Waals surface area contributed by atoms with Crippen molar-refractivity contribution in [2.75, 3.05) is 33.0 Å². The average Bonchev–Trinajstić information content (AvgIpc) is 3.20. The first-order valence-electron chi connectivity index (χ1n) is 9.94. The molecule has 154 valence electrons. The quantitative estimate of drug-likeness (QED) is 0.720. The molecule has 0 bridgehead atoms. The van der Waals surface area contributed by atoms with Gasteiger partial charge < -0.3 is 19.1 Å². The van der Waals surface area contributed by atoms with Crippen LogP contribution in [0.3, 0.4) is 0 Å². The van der Waals surface area contributed by atoms with Gasteiger partial charge in [0.05, 0.1) is 0 Å². The van der Waals surface area contributed by atoms with Gasteiger partial charge in [-0.2, -0.15) is 0 Å². The van der Waals surface area contributed by atoms with Crippen molar-refractivity contribution in [3.8, 4) is 17.2 Å². The van der Waals surface area contributed by atoms with Crippen LogP contribution in [0.15, 0.2) is 42.5 Å². The van der Waals surface area contributed by atoms with Gasteiger partial charge in [-0.1, -0.05) is 30.7 Å². The lowest BCUT2D eigenvalue weighted by Gasteiger charge is -2.36. The second-order valence-electron chi connectivity index (χ2n) is 7.26. The van der Waals surface area contributed by atoms with Gasteiger partial charge in [0.15, 0.2) is 17.6 Å². The van der Waals surface area contributed by atoms with Crippen LogP contribution in [-0.4, -0.2) is 54.8 Å². The number of hydrogen-bond acceptors (Lipinski definition) is 5. The maximum absolute atomic E-state index is 12.9. The number of rotatable bonds is 6. The Labute approximate surface area is 175 Å². The first kappa shape index (κ1) is 19.9. The summed E-state index contributed by atoms with van der Waals surface area (Å²) < 4.78 is 16.7. The van der Waals surface area contributed by atoms with Crippen molar-refractivity contribution >= 4 is 17.5 Å². The third-order valence-corrected chi connectivity index (χ3v) is 5.48. The maximum atomic E-state index is 12.9. The zero-order valence-electron chi connectivity index (χ0n) is 16.5. The molecule has 0 spiro atoms. The number of amides is 1. The summed E-state index contributed by atoms with van der Waals surface area (Å²) in [5.41, 5.74) is 1.18. The maximum Gasteiger partial charge on any atom is 0.263 e. The second kappa shape index (κ2) is 8.93. The molecule has 0 saturated carbocycles. The van der Waals surface area contributed by atoms with Gasteiger partial charge in [-0.15, -0.1) is 0 Å². The van der Waals surface area contributed by atoms with Crippen LogP contribution in [0, 0.1) is 0 Å². The molecule has 0 radical (unpaired) electrons. The number of benzene rings is 2. The van der Waals surface area contributed by atoms with Crippen molar-refractivity contribution in [3.05, 3.63) is 53.1 Å². The number of piperazine rings is 1. The molecule has 1 saturated heterocycles. The third-order valence-electron chi connectivity index (χ3n) is 5.25. The number of carbonyl (C=O) groups excluding carboxylic acids is 1. The zero-order valence-corrected chi connectivity index (χ0v) is 17.2. The Bertz CT molecular complexity index is 868. The fourth-order valence-corrected chi connectivity index (χ4v) is 3.82. The fourth-order valence-electron chi connectivity index (χ4n) is 3.64. The number of nitrogens with zero attached hydrogens (tertiary/aromatic N) is 2. The van der Waals surface area contributed by atoms with Gasteiger partial charge in [0.25, 0.3) is 5.91 Å². The first-order valence-corrected chi connectivity index (χ1v) is 10.3. The number of fused-ring (bicyclic) bond motifs is 1. The van der Waals surface area contributed by atoms with Gasteiger partial charge in [-0.05, 0) is 42.3 Å². The van der Waals surface area contributed by atoms with E-state index in [-0.39, 0.29) is 12.7 Å². The summed E-state index contributed by atoms with van der Waals surface area (Å²) in [5.74, 6) is 2.27. The molecule has 0 aromatic heterocycles. The van der Waals surface area contributed by atoms with E-state index in [1.165, 1.54) is 5.56 Å². The summed E-state index contributed by atoms with van der Waals surface area (Å²) >= 11 is 6.02. The molecule has 1 amide bonds. The smallest absolute Gasteiger partial charge is 0.263 e. The highest BCUT2D eigenvalue weighted by molar-refractivity contribution is 6.30. The zero-order chi connectivity index (χ0) is 20.2. The van der Waals surface area contributed by atoms with Crippen LogP contribution in [0.5, 0.6) is 17.2 Å². The second-order valence-corrected chi connectivity index (χ2v) is 7.70. The summed E-state index contributed by atoms with van der Waals surface area (Å²) in [6, 6.07) is 13.2. The van der Waals surface area contributed by atoms with E-state index in [4.69, 9.17) is 25.8 Å². The van der Waals surface area contributed by atoms with Crippen molar-refractivity contribution in [2.45, 2.75) is 26.0 Å². The number of hydrogen-bond donors (Lipinski definition) is 0. The van der Waals surface area contributed by atoms with E-state index in [0.717, 1.165) is 31.1 Å². The van der Waals surface area contributed by atoms with Crippen LogP contribution in [0.1, 0.15) is 18.9 Å². The normalized spacial score (nSPS) is 17.2. The molecule has 29 heavy (non-hydrogen) atoms. The topological polar surface area (TPSA) is 51.2 Å². The Morgan fingerprint density at radius 1 is 1.10 bits per heavy atom. The predicted molar refractivity (Wildman–Crippen MR) is 111 cm³/mol. The minimum absolute atomic E-state index is 0.0372. The minimum Gasteiger partial charge on any atom is -0.481 e. The van der Waals surface area contributed by atoms with Crippen LogP contribution in [-0.2, 0) is 11.3 Å². The highest BCUT2D eigenvalue weighted by atomic mass is 35.5. The molecule has 2 heterocycles. The molecular formula is C22H25ClN2O4. The van der Waals surface area contributed by atoms with Gasteiger partial charge in [0.2, 0.25) is 6.79 Å². The van der Waals surface area contributed by atoms with E-state index in [2.05, 4.69) is 11.0 Å². The molecule has 4 rings (SSSR count). The number of ether oxygens (including phenoxy) is 3. The minimum atomic E-state index is -0.492. The lowest BCUT2D eigenvalue weighted by atomic mass is 10.1. The van der Waals surface area contributed by atoms with Crippen molar-refractivity contribution in [2.24, 2.45) is 0 Å². The van der Waals surface area contributed by atoms with E-state index < -0.39 is 6.10 Å². The van der Waals surface area contributed by atoms with Crippen LogP contribution >= 0.6 is 11.6 Å². The first-order chi connectivity index (χ1) is 14.1. The SMILES string of the molecule is CCC(Oc1cccc(Cl)c1)C(=O)N1CCN(Cc2ccc3c(c2)OCO3)CC1. The van der Waals surface area contributed by atoms with E-state index in [0.29, 0.717) is 30.3 Å². The molecule has 0 N–H and O–H groups in total. The molecule has 1 atom stereocenters. The van der Waals surface area contributed by atoms with Gasteiger partial charge in [0, 0.05) is 37.7 Å². The van der Waals surface area contributed by atoms with Gasteiger partial charge >= 0.3 is 0 Å². The van der Waals surface area contributed by atoms with Gasteiger partial charge in [-0.3, -0.25) is 9.69 Å². The molecule has 0 aliphatic carbocycles. The Hall–Kier alpha value is -2.44. The molecule has 1 fully saturated rings. The Balaban J connectivity index is 1.30. The molecule has 2 aromatic rings. The summed E-state index contributed by atoms with van der Waals surface area (Å²) in [7, 11) is 0. The molecular weight excluding hydrogens is 392 g/mol. The monoisotopic (exact) mass is 416 g/mol. The molecule has 1 unspecified atom stereocenters. The Morgan fingerprint density at radius 2 is 1.90 bits per heavy atom. The van der Waals surface area contributed by atoms with Crippen molar-refractivity contribution in [3.63, 3.8) is 0 Å². The van der Waals surface area contributed by atoms with E-state index >= 15 is 0 Å². The van der Waals surface area contributed by atoms with Crippen molar-refractivity contribution in [1.82, 2.24) is 9.80 Å². The van der Waals surface area contributed by atoms with E-state index in [1.807, 2.05) is 36.1 Å². The summed E-state index contributed by atoms with van der Waals surface area (Å²) in [5, 5.41) is 0.599. The predicted octanol–water partition coefficient (Wildman–Crippen LogP) is 3.57. The molecule has 2 aliphatic heterocycles. The van der Waals surface area contributed by atoms with E-state index in [1.54, 1.807) is 12.1 Å². The van der Waals surface area contributed by atoms with Crippen LogP contribution in [0.4, 0.5) is 0 Å². The molecule has 2 aromatic carbocycles. The van der Waals surface area contributed by atoms with Crippen LogP contribution < -0.4 is 14.2 Å². The largest absolute Gasteiger partial charge is 0.481 e. The standard InChI is InChI=1S/C22H25ClN2O4/c1-2-19(29-18-5-3-4-17(23)13-18)22(26)25-10-8-24(9-11-25)14-16-6-7-20-21(12-16)28-15-27-20/h3-7,12-13,19H,2,8-11,14-15H2,1H3. The highest BCUT2D eigenvalue weighted by Crippen LogP contribution is 2.32. The number of carbonyl (C=O) groups is 1. The Morgan fingerprint density at radius 3 is 2.66 bits per heavy atom. The third kappa shape index (κ3) is 4.77. The van der Waals surface area contributed by atoms with Crippen LogP contribution in [0.25, 0.3) is 0 Å². The summed E-state index contributed by atoms with van der Waals surface area (Å²) in [4.78, 5) is 17.2.